The van der Waals surface area contributed by atoms with Crippen molar-refractivity contribution in [1.29, 1.82) is 0 Å². The lowest BCUT2D eigenvalue weighted by molar-refractivity contribution is -0.130. The molecule has 1 fully saturated rings. The molecule has 2 amide bonds. The highest BCUT2D eigenvalue weighted by atomic mass is 16.5. The predicted octanol–water partition coefficient (Wildman–Crippen LogP) is 1.91. The van der Waals surface area contributed by atoms with Crippen LogP contribution in [0, 0.1) is 5.92 Å². The van der Waals surface area contributed by atoms with Crippen LogP contribution in [0.15, 0.2) is 29.4 Å². The summed E-state index contributed by atoms with van der Waals surface area (Å²) in [6, 6.07) is 8.17. The Morgan fingerprint density at radius 1 is 1.22 bits per heavy atom. The van der Waals surface area contributed by atoms with E-state index in [9.17, 15) is 9.59 Å². The van der Waals surface area contributed by atoms with Crippen molar-refractivity contribution in [1.82, 2.24) is 19.7 Å². The summed E-state index contributed by atoms with van der Waals surface area (Å²) >= 11 is 0. The van der Waals surface area contributed by atoms with E-state index in [1.54, 1.807) is 14.2 Å². The largest absolute Gasteiger partial charge is 0.496 e. The fourth-order valence-corrected chi connectivity index (χ4v) is 4.43. The van der Waals surface area contributed by atoms with Crippen LogP contribution in [0.5, 0.6) is 5.75 Å². The number of likely N-dealkylation sites (N-methyl/N-ethyl adjacent to an activating group) is 1. The molecule has 2 aliphatic heterocycles. The number of carbonyl (C=O) groups excluding carboxylic acids is 2. The Morgan fingerprint density at radius 3 is 2.72 bits per heavy atom. The lowest BCUT2D eigenvalue weighted by Crippen LogP contribution is -2.47. The van der Waals surface area contributed by atoms with Crippen molar-refractivity contribution >= 4 is 17.5 Å². The molecule has 0 radical (unpaired) electrons. The van der Waals surface area contributed by atoms with Gasteiger partial charge in [0.15, 0.2) is 0 Å². The van der Waals surface area contributed by atoms with Gasteiger partial charge in [0.25, 0.3) is 5.91 Å². The molecular formula is C24H37N5O3. The van der Waals surface area contributed by atoms with Gasteiger partial charge in [0.2, 0.25) is 5.91 Å². The van der Waals surface area contributed by atoms with E-state index in [0.29, 0.717) is 37.6 Å². The van der Waals surface area contributed by atoms with Crippen LogP contribution in [-0.2, 0) is 16.1 Å². The van der Waals surface area contributed by atoms with Crippen molar-refractivity contribution in [3.05, 3.63) is 29.8 Å². The number of rotatable bonds is 9. The van der Waals surface area contributed by atoms with Crippen LogP contribution in [0.2, 0.25) is 0 Å². The number of hydrazone groups is 1. The molecule has 0 N–H and O–H groups in total. The molecule has 1 atom stereocenters. The van der Waals surface area contributed by atoms with E-state index >= 15 is 0 Å². The number of nitrogens with zero attached hydrogens (tertiary/aromatic N) is 5. The minimum Gasteiger partial charge on any atom is -0.496 e. The zero-order chi connectivity index (χ0) is 23.1. The van der Waals surface area contributed by atoms with Gasteiger partial charge >= 0.3 is 0 Å². The van der Waals surface area contributed by atoms with Crippen molar-refractivity contribution in [2.75, 3.05) is 61.0 Å². The van der Waals surface area contributed by atoms with Crippen molar-refractivity contribution in [2.45, 2.75) is 32.2 Å². The number of piperidine rings is 1. The summed E-state index contributed by atoms with van der Waals surface area (Å²) in [4.78, 5) is 31.6. The van der Waals surface area contributed by atoms with E-state index in [1.807, 2.05) is 37.2 Å². The monoisotopic (exact) mass is 443 g/mol. The Bertz CT molecular complexity index is 826. The average molecular weight is 444 g/mol. The van der Waals surface area contributed by atoms with Crippen LogP contribution >= 0.6 is 0 Å². The highest BCUT2D eigenvalue weighted by Crippen LogP contribution is 2.24. The van der Waals surface area contributed by atoms with E-state index in [0.717, 1.165) is 44.8 Å². The molecule has 1 unspecified atom stereocenters. The maximum atomic E-state index is 13.3. The van der Waals surface area contributed by atoms with Gasteiger partial charge in [0.1, 0.15) is 11.5 Å². The maximum absolute atomic E-state index is 13.3. The van der Waals surface area contributed by atoms with E-state index in [4.69, 9.17) is 4.74 Å². The van der Waals surface area contributed by atoms with Gasteiger partial charge in [0, 0.05) is 58.2 Å². The van der Waals surface area contributed by atoms with Crippen LogP contribution in [-0.4, -0.2) is 98.2 Å². The molecule has 0 aliphatic carbocycles. The minimum atomic E-state index is -0.0411. The normalized spacial score (nSPS) is 19.8. The molecule has 8 heteroatoms. The summed E-state index contributed by atoms with van der Waals surface area (Å²) in [7, 11) is 7.37. The summed E-state index contributed by atoms with van der Waals surface area (Å²) in [5, 5.41) is 5.57. The number of benzene rings is 1. The first-order chi connectivity index (χ1) is 15.4. The standard InChI is InChI=1S/C24H37N5O3/c1-26(2)14-15-29(24(31)21-11-12-23(30)27(3)25-21)17-19-8-7-13-28(16-19)18-20-9-5-6-10-22(20)32-4/h5-6,9-10,19H,7-8,11-18H2,1-4H3. The van der Waals surface area contributed by atoms with Crippen molar-refractivity contribution < 1.29 is 14.3 Å². The first-order valence-electron chi connectivity index (χ1n) is 11.5. The van der Waals surface area contributed by atoms with E-state index in [2.05, 4.69) is 21.0 Å². The molecule has 1 aromatic rings. The van der Waals surface area contributed by atoms with Gasteiger partial charge in [0.05, 0.1) is 7.11 Å². The zero-order valence-electron chi connectivity index (χ0n) is 19.9. The Labute approximate surface area is 191 Å². The lowest BCUT2D eigenvalue weighted by Gasteiger charge is -2.36. The number of amides is 2. The molecule has 1 aromatic carbocycles. The Kier molecular flexibility index (Phi) is 8.64. The molecule has 8 nitrogen and oxygen atoms in total. The highest BCUT2D eigenvalue weighted by molar-refractivity contribution is 6.39. The molecule has 0 aromatic heterocycles. The third kappa shape index (κ3) is 6.53. The van der Waals surface area contributed by atoms with E-state index in [-0.39, 0.29) is 11.8 Å². The van der Waals surface area contributed by atoms with E-state index < -0.39 is 0 Å². The summed E-state index contributed by atoms with van der Waals surface area (Å²) in [6.45, 7) is 5.03. The summed E-state index contributed by atoms with van der Waals surface area (Å²) in [5.74, 6) is 1.26. The van der Waals surface area contributed by atoms with Crippen molar-refractivity contribution in [3.63, 3.8) is 0 Å². The van der Waals surface area contributed by atoms with Gasteiger partial charge in [-0.05, 0) is 45.5 Å². The molecule has 0 bridgehead atoms. The average Bonchev–Trinajstić information content (AvgIpc) is 2.78. The van der Waals surface area contributed by atoms with Crippen LogP contribution in [0.1, 0.15) is 31.2 Å². The molecule has 176 valence electrons. The number of methoxy groups -OCH3 is 1. The maximum Gasteiger partial charge on any atom is 0.270 e. The molecule has 2 heterocycles. The molecule has 2 aliphatic rings. The first kappa shape index (κ1) is 24.2. The molecule has 1 saturated heterocycles. The first-order valence-corrected chi connectivity index (χ1v) is 11.5. The van der Waals surface area contributed by atoms with E-state index in [1.165, 1.54) is 10.6 Å². The third-order valence-electron chi connectivity index (χ3n) is 6.23. The zero-order valence-corrected chi connectivity index (χ0v) is 19.9. The van der Waals surface area contributed by atoms with Crippen LogP contribution in [0.25, 0.3) is 0 Å². The summed E-state index contributed by atoms with van der Waals surface area (Å²) < 4.78 is 5.52. The van der Waals surface area contributed by atoms with Gasteiger partial charge < -0.3 is 14.5 Å². The molecule has 0 spiro atoms. The fourth-order valence-electron chi connectivity index (χ4n) is 4.43. The molecule has 32 heavy (non-hydrogen) atoms. The molecule has 0 saturated carbocycles. The second kappa shape index (κ2) is 11.4. The summed E-state index contributed by atoms with van der Waals surface area (Å²) in [5.41, 5.74) is 1.69. The molecular weight excluding hydrogens is 406 g/mol. The number of carbonyl (C=O) groups is 2. The quantitative estimate of drug-likeness (QED) is 0.583. The SMILES string of the molecule is COc1ccccc1CN1CCCC(CN(CCN(C)C)C(=O)C2=NN(C)C(=O)CC2)C1. The second-order valence-electron chi connectivity index (χ2n) is 9.07. The number of hydrogen-bond donors (Lipinski definition) is 0. The smallest absolute Gasteiger partial charge is 0.270 e. The van der Waals surface area contributed by atoms with Gasteiger partial charge in [-0.15, -0.1) is 0 Å². The number of para-hydroxylation sites is 1. The Hall–Kier alpha value is -2.45. The minimum absolute atomic E-state index is 0.0342. The van der Waals surface area contributed by atoms with Crippen LogP contribution < -0.4 is 4.74 Å². The van der Waals surface area contributed by atoms with Crippen LogP contribution in [0.3, 0.4) is 0 Å². The fraction of sp³-hybridized carbons (Fsp3) is 0.625. The number of likely N-dealkylation sites (tertiary alicyclic amines) is 1. The second-order valence-corrected chi connectivity index (χ2v) is 9.07. The third-order valence-corrected chi connectivity index (χ3v) is 6.23. The predicted molar refractivity (Wildman–Crippen MR) is 126 cm³/mol. The summed E-state index contributed by atoms with van der Waals surface area (Å²) in [6.07, 6.45) is 3.00. The Morgan fingerprint density at radius 2 is 2.00 bits per heavy atom. The van der Waals surface area contributed by atoms with Crippen LogP contribution in [0.4, 0.5) is 0 Å². The number of ether oxygens (including phenoxy) is 1. The lowest BCUT2D eigenvalue weighted by atomic mass is 9.96. The number of hydrogen-bond acceptors (Lipinski definition) is 6. The van der Waals surface area contributed by atoms with Gasteiger partial charge in [-0.1, -0.05) is 18.2 Å². The Balaban J connectivity index is 1.66. The topological polar surface area (TPSA) is 68.7 Å². The van der Waals surface area contributed by atoms with Gasteiger partial charge in [-0.2, -0.15) is 5.10 Å². The van der Waals surface area contributed by atoms with Gasteiger partial charge in [-0.25, -0.2) is 5.01 Å². The van der Waals surface area contributed by atoms with Crippen molar-refractivity contribution in [3.8, 4) is 5.75 Å². The van der Waals surface area contributed by atoms with Crippen molar-refractivity contribution in [2.24, 2.45) is 11.0 Å². The molecule has 3 rings (SSSR count). The highest BCUT2D eigenvalue weighted by Gasteiger charge is 2.29. The van der Waals surface area contributed by atoms with Gasteiger partial charge in [-0.3, -0.25) is 14.5 Å².